The van der Waals surface area contributed by atoms with Gasteiger partial charge in [0.2, 0.25) is 0 Å². The summed E-state index contributed by atoms with van der Waals surface area (Å²) in [7, 11) is 1.69. The Morgan fingerprint density at radius 2 is 1.90 bits per heavy atom. The molecule has 3 rings (SSSR count). The van der Waals surface area contributed by atoms with Crippen LogP contribution in [0.4, 0.5) is 0 Å². The zero-order valence-electron chi connectivity index (χ0n) is 12.7. The van der Waals surface area contributed by atoms with E-state index in [1.807, 2.05) is 12.1 Å². The summed E-state index contributed by atoms with van der Waals surface area (Å²) in [5.74, 6) is 1.41. The smallest absolute Gasteiger partial charge is 0.119 e. The summed E-state index contributed by atoms with van der Waals surface area (Å²) in [5.41, 5.74) is 1.25. The summed E-state index contributed by atoms with van der Waals surface area (Å²) < 4.78 is 5.25. The number of fused-ring (bicyclic) bond motifs is 1. The van der Waals surface area contributed by atoms with E-state index in [9.17, 15) is 5.11 Å². The standard InChI is InChI=1S/C18H23NO2/c1-12(19-11-18(20)13-3-4-13)14-5-6-16-10-17(21-2)8-7-15(16)9-14/h5-10,12-13,18-20H,3-4,11H2,1-2H3. The molecule has 3 heteroatoms. The minimum absolute atomic E-state index is 0.197. The molecule has 2 N–H and O–H groups in total. The number of benzene rings is 2. The van der Waals surface area contributed by atoms with Crippen molar-refractivity contribution in [2.24, 2.45) is 5.92 Å². The Hall–Kier alpha value is -1.58. The normalized spacial score (nSPS) is 17.7. The van der Waals surface area contributed by atoms with Gasteiger partial charge in [0.05, 0.1) is 13.2 Å². The van der Waals surface area contributed by atoms with E-state index in [0.717, 1.165) is 5.75 Å². The number of rotatable bonds is 6. The van der Waals surface area contributed by atoms with Gasteiger partial charge in [-0.25, -0.2) is 0 Å². The predicted octanol–water partition coefficient (Wildman–Crippen LogP) is 3.27. The molecule has 21 heavy (non-hydrogen) atoms. The second-order valence-corrected chi connectivity index (χ2v) is 6.01. The van der Waals surface area contributed by atoms with Crippen LogP contribution >= 0.6 is 0 Å². The minimum atomic E-state index is -0.197. The van der Waals surface area contributed by atoms with Gasteiger partial charge in [-0.2, -0.15) is 0 Å². The molecule has 1 aliphatic rings. The van der Waals surface area contributed by atoms with Crippen LogP contribution in [-0.4, -0.2) is 24.9 Å². The highest BCUT2D eigenvalue weighted by Gasteiger charge is 2.29. The van der Waals surface area contributed by atoms with Crippen LogP contribution in [0.5, 0.6) is 5.75 Å². The van der Waals surface area contributed by atoms with Crippen LogP contribution in [0.15, 0.2) is 36.4 Å². The number of hydrogen-bond acceptors (Lipinski definition) is 3. The van der Waals surface area contributed by atoms with Crippen LogP contribution in [0, 0.1) is 5.92 Å². The molecule has 0 amide bonds. The summed E-state index contributed by atoms with van der Waals surface area (Å²) in [6, 6.07) is 12.8. The van der Waals surface area contributed by atoms with E-state index in [1.54, 1.807) is 7.11 Å². The maximum Gasteiger partial charge on any atom is 0.119 e. The monoisotopic (exact) mass is 285 g/mol. The van der Waals surface area contributed by atoms with E-state index in [0.29, 0.717) is 12.5 Å². The molecule has 1 aliphatic carbocycles. The summed E-state index contributed by atoms with van der Waals surface area (Å²) in [6.07, 6.45) is 2.15. The lowest BCUT2D eigenvalue weighted by Gasteiger charge is -2.18. The first-order valence-corrected chi connectivity index (χ1v) is 7.66. The molecule has 0 saturated heterocycles. The minimum Gasteiger partial charge on any atom is -0.497 e. The fraction of sp³-hybridized carbons (Fsp3) is 0.444. The molecule has 3 nitrogen and oxygen atoms in total. The van der Waals surface area contributed by atoms with E-state index in [1.165, 1.54) is 29.2 Å². The van der Waals surface area contributed by atoms with E-state index >= 15 is 0 Å². The van der Waals surface area contributed by atoms with Crippen LogP contribution < -0.4 is 10.1 Å². The van der Waals surface area contributed by atoms with Crippen molar-refractivity contribution in [3.05, 3.63) is 42.0 Å². The molecule has 2 aromatic carbocycles. The predicted molar refractivity (Wildman–Crippen MR) is 85.6 cm³/mol. The number of nitrogens with one attached hydrogen (secondary N) is 1. The first kappa shape index (κ1) is 14.4. The second-order valence-electron chi connectivity index (χ2n) is 6.01. The molecule has 1 fully saturated rings. The average molecular weight is 285 g/mol. The summed E-state index contributed by atoms with van der Waals surface area (Å²) in [5, 5.41) is 15.8. The van der Waals surface area contributed by atoms with Gasteiger partial charge in [-0.3, -0.25) is 0 Å². The number of hydrogen-bond donors (Lipinski definition) is 2. The van der Waals surface area contributed by atoms with Crippen LogP contribution in [0.2, 0.25) is 0 Å². The Morgan fingerprint density at radius 1 is 1.19 bits per heavy atom. The lowest BCUT2D eigenvalue weighted by atomic mass is 10.0. The van der Waals surface area contributed by atoms with Gasteiger partial charge in [0.25, 0.3) is 0 Å². The number of methoxy groups -OCH3 is 1. The van der Waals surface area contributed by atoms with Crippen molar-refractivity contribution in [3.63, 3.8) is 0 Å². The van der Waals surface area contributed by atoms with Crippen molar-refractivity contribution >= 4 is 10.8 Å². The molecule has 0 aliphatic heterocycles. The van der Waals surface area contributed by atoms with Gasteiger partial charge in [0.15, 0.2) is 0 Å². The fourth-order valence-corrected chi connectivity index (χ4v) is 2.70. The Kier molecular flexibility index (Phi) is 4.13. The van der Waals surface area contributed by atoms with Gasteiger partial charge in [0, 0.05) is 12.6 Å². The molecule has 0 radical (unpaired) electrons. The topological polar surface area (TPSA) is 41.5 Å². The second kappa shape index (κ2) is 6.04. The molecular formula is C18H23NO2. The average Bonchev–Trinajstić information content (AvgIpc) is 3.36. The molecule has 2 atom stereocenters. The maximum atomic E-state index is 9.94. The molecular weight excluding hydrogens is 262 g/mol. The first-order valence-electron chi connectivity index (χ1n) is 7.66. The summed E-state index contributed by atoms with van der Waals surface area (Å²) in [6.45, 7) is 2.82. The van der Waals surface area contributed by atoms with Crippen LogP contribution in [0.3, 0.4) is 0 Å². The molecule has 1 saturated carbocycles. The zero-order valence-corrected chi connectivity index (χ0v) is 12.7. The van der Waals surface area contributed by atoms with Crippen LogP contribution in [0.25, 0.3) is 10.8 Å². The van der Waals surface area contributed by atoms with Crippen molar-refractivity contribution < 1.29 is 9.84 Å². The van der Waals surface area contributed by atoms with Crippen molar-refractivity contribution in [3.8, 4) is 5.75 Å². The Bertz CT molecular complexity index is 622. The molecule has 112 valence electrons. The summed E-state index contributed by atoms with van der Waals surface area (Å²) in [4.78, 5) is 0. The maximum absolute atomic E-state index is 9.94. The third-order valence-corrected chi connectivity index (χ3v) is 4.37. The molecule has 2 unspecified atom stereocenters. The molecule has 0 bridgehead atoms. The van der Waals surface area contributed by atoms with Gasteiger partial charge >= 0.3 is 0 Å². The van der Waals surface area contributed by atoms with Crippen molar-refractivity contribution in [1.29, 1.82) is 0 Å². The van der Waals surface area contributed by atoms with Gasteiger partial charge in [-0.1, -0.05) is 18.2 Å². The highest BCUT2D eigenvalue weighted by Crippen LogP contribution is 2.32. The zero-order chi connectivity index (χ0) is 14.8. The van der Waals surface area contributed by atoms with Gasteiger partial charge in [-0.15, -0.1) is 0 Å². The molecule has 0 spiro atoms. The Balaban J connectivity index is 1.70. The number of aliphatic hydroxyl groups excluding tert-OH is 1. The lowest BCUT2D eigenvalue weighted by molar-refractivity contribution is 0.145. The quantitative estimate of drug-likeness (QED) is 0.856. The van der Waals surface area contributed by atoms with Crippen LogP contribution in [0.1, 0.15) is 31.4 Å². The van der Waals surface area contributed by atoms with Gasteiger partial charge < -0.3 is 15.2 Å². The summed E-state index contributed by atoms with van der Waals surface area (Å²) >= 11 is 0. The third-order valence-electron chi connectivity index (χ3n) is 4.37. The third kappa shape index (κ3) is 3.36. The van der Waals surface area contributed by atoms with Crippen LogP contribution in [-0.2, 0) is 0 Å². The fourth-order valence-electron chi connectivity index (χ4n) is 2.70. The highest BCUT2D eigenvalue weighted by atomic mass is 16.5. The van der Waals surface area contributed by atoms with E-state index in [-0.39, 0.29) is 12.1 Å². The van der Waals surface area contributed by atoms with Crippen molar-refractivity contribution in [1.82, 2.24) is 5.32 Å². The van der Waals surface area contributed by atoms with Gasteiger partial charge in [-0.05, 0) is 60.2 Å². The first-order chi connectivity index (χ1) is 10.2. The SMILES string of the molecule is COc1ccc2cc(C(C)NCC(O)C3CC3)ccc2c1. The molecule has 2 aromatic rings. The molecule has 0 heterocycles. The number of aliphatic hydroxyl groups is 1. The van der Waals surface area contributed by atoms with Gasteiger partial charge in [0.1, 0.15) is 5.75 Å². The Morgan fingerprint density at radius 3 is 2.62 bits per heavy atom. The van der Waals surface area contributed by atoms with E-state index < -0.39 is 0 Å². The largest absolute Gasteiger partial charge is 0.497 e. The Labute approximate surface area is 125 Å². The van der Waals surface area contributed by atoms with Crippen molar-refractivity contribution in [2.45, 2.75) is 31.9 Å². The van der Waals surface area contributed by atoms with Crippen molar-refractivity contribution in [2.75, 3.05) is 13.7 Å². The number of ether oxygens (including phenoxy) is 1. The molecule has 0 aromatic heterocycles. The highest BCUT2D eigenvalue weighted by molar-refractivity contribution is 5.84. The lowest BCUT2D eigenvalue weighted by Crippen LogP contribution is -2.30. The van der Waals surface area contributed by atoms with E-state index in [4.69, 9.17) is 4.74 Å². The van der Waals surface area contributed by atoms with E-state index in [2.05, 4.69) is 36.5 Å².